The summed E-state index contributed by atoms with van der Waals surface area (Å²) in [5.74, 6) is 0. The van der Waals surface area contributed by atoms with Gasteiger partial charge >= 0.3 is 0 Å². The molecule has 13 aromatic carbocycles. The van der Waals surface area contributed by atoms with Crippen molar-refractivity contribution in [3.05, 3.63) is 339 Å². The average Bonchev–Trinajstić information content (AvgIpc) is 1.60. The van der Waals surface area contributed by atoms with Crippen LogP contribution >= 0.6 is 0 Å². The molecule has 0 atom stereocenters. The molecule has 18 aromatic rings. The van der Waals surface area contributed by atoms with E-state index in [2.05, 4.69) is 360 Å². The van der Waals surface area contributed by atoms with E-state index in [1.807, 2.05) is 6.08 Å². The van der Waals surface area contributed by atoms with Gasteiger partial charge in [-0.05, 0) is 174 Å². The first-order valence-corrected chi connectivity index (χ1v) is 33.2. The Morgan fingerprint density at radius 1 is 0.299 bits per heavy atom. The van der Waals surface area contributed by atoms with Crippen LogP contribution < -0.4 is 0 Å². The standard InChI is InChI=1S/C91H64N6/c1-58(26-25-51-92-4)86-88(94-78-39-21-17-35-70(78)74-54-65(43-47-82(74)94)61-27-9-5-10-28-61)87(69-52-59(2)93-60(3)53-69)90(96-80-41-23-19-37-72(80)76-56-67(45-49-84(76)96)63-31-13-7-14-32-63)91(97-81-42-24-20-38-73(81)77-57-68(46-50-85(77)97)64-33-15-8-16-34-64)89(86)95-79-40-22-18-36-71(79)75-55-66(44-48-83(75)95)62-29-11-6-12-30-62/h5-57H,4H2,1-3H3/b51-25-,58-26+. The number of aliphatic imine (C=N–C) groups is 1. The maximum atomic E-state index is 5.21. The van der Waals surface area contributed by atoms with E-state index in [0.29, 0.717) is 0 Å². The van der Waals surface area contributed by atoms with Crippen molar-refractivity contribution in [2.45, 2.75) is 20.8 Å². The van der Waals surface area contributed by atoms with Gasteiger partial charge in [0, 0.05) is 71.8 Å². The van der Waals surface area contributed by atoms with Gasteiger partial charge in [0.1, 0.15) is 0 Å². The van der Waals surface area contributed by atoms with E-state index in [4.69, 9.17) is 4.98 Å². The summed E-state index contributed by atoms with van der Waals surface area (Å²) in [6, 6.07) is 112. The fourth-order valence-corrected chi connectivity index (χ4v) is 15.6. The molecule has 458 valence electrons. The number of aromatic nitrogens is 5. The number of hydrogen-bond acceptors (Lipinski definition) is 2. The number of pyridine rings is 1. The van der Waals surface area contributed by atoms with Crippen molar-refractivity contribution in [1.29, 1.82) is 0 Å². The van der Waals surface area contributed by atoms with Crippen LogP contribution in [0.5, 0.6) is 0 Å². The van der Waals surface area contributed by atoms with Crippen molar-refractivity contribution in [1.82, 2.24) is 23.3 Å². The fourth-order valence-electron chi connectivity index (χ4n) is 15.6. The first kappa shape index (κ1) is 57.1. The number of aryl methyl sites for hydroxylation is 2. The van der Waals surface area contributed by atoms with Crippen LogP contribution in [0.1, 0.15) is 23.9 Å². The predicted octanol–water partition coefficient (Wildman–Crippen LogP) is 24.0. The molecule has 18 rings (SSSR count). The highest BCUT2D eigenvalue weighted by atomic mass is 15.1. The predicted molar refractivity (Wildman–Crippen MR) is 411 cm³/mol. The lowest BCUT2D eigenvalue weighted by molar-refractivity contribution is 1.03. The molecule has 0 aliphatic heterocycles. The minimum absolute atomic E-state index is 0.915. The number of para-hydroxylation sites is 4. The highest BCUT2D eigenvalue weighted by molar-refractivity contribution is 6.19. The summed E-state index contributed by atoms with van der Waals surface area (Å²) < 4.78 is 10.4. The molecule has 5 heterocycles. The summed E-state index contributed by atoms with van der Waals surface area (Å²) in [7, 11) is 0. The van der Waals surface area contributed by atoms with Gasteiger partial charge in [-0.3, -0.25) is 9.98 Å². The molecular weight excluding hydrogens is 1180 g/mol. The average molecular weight is 1240 g/mol. The summed E-state index contributed by atoms with van der Waals surface area (Å²) in [6.45, 7) is 10.5. The normalized spacial score (nSPS) is 12.1. The van der Waals surface area contributed by atoms with Gasteiger partial charge in [0.05, 0.1) is 66.9 Å². The molecule has 0 radical (unpaired) electrons. The maximum Gasteiger partial charge on any atom is 0.0961 e. The Morgan fingerprint density at radius 2 is 0.598 bits per heavy atom. The summed E-state index contributed by atoms with van der Waals surface area (Å²) in [4.78, 5) is 9.56. The molecule has 0 saturated heterocycles. The molecule has 0 aliphatic rings. The molecule has 6 heteroatoms. The third-order valence-electron chi connectivity index (χ3n) is 19.7. The molecule has 97 heavy (non-hydrogen) atoms. The Labute approximate surface area is 562 Å². The Kier molecular flexibility index (Phi) is 13.6. The van der Waals surface area contributed by atoms with Crippen molar-refractivity contribution < 1.29 is 0 Å². The molecule has 0 amide bonds. The largest absolute Gasteiger partial charge is 0.308 e. The Bertz CT molecular complexity index is 6250. The zero-order valence-corrected chi connectivity index (χ0v) is 54.0. The second-order valence-electron chi connectivity index (χ2n) is 25.5. The van der Waals surface area contributed by atoms with Crippen molar-refractivity contribution in [2.24, 2.45) is 4.99 Å². The van der Waals surface area contributed by atoms with Crippen molar-refractivity contribution in [3.63, 3.8) is 0 Å². The van der Waals surface area contributed by atoms with E-state index in [1.165, 1.54) is 0 Å². The Morgan fingerprint density at radius 3 is 0.948 bits per heavy atom. The number of fused-ring (bicyclic) bond motifs is 12. The number of nitrogens with zero attached hydrogens (tertiary/aromatic N) is 6. The summed E-state index contributed by atoms with van der Waals surface area (Å²) in [5, 5.41) is 9.15. The molecule has 0 saturated carbocycles. The van der Waals surface area contributed by atoms with E-state index in [1.54, 1.807) is 6.20 Å². The minimum Gasteiger partial charge on any atom is -0.308 e. The number of hydrogen-bond donors (Lipinski definition) is 0. The van der Waals surface area contributed by atoms with Crippen molar-refractivity contribution >= 4 is 99.5 Å². The highest BCUT2D eigenvalue weighted by Gasteiger charge is 2.36. The van der Waals surface area contributed by atoms with E-state index in [-0.39, 0.29) is 0 Å². The smallest absolute Gasteiger partial charge is 0.0961 e. The van der Waals surface area contributed by atoms with Gasteiger partial charge in [0.15, 0.2) is 0 Å². The van der Waals surface area contributed by atoms with Crippen molar-refractivity contribution in [2.75, 3.05) is 0 Å². The number of rotatable bonds is 12. The van der Waals surface area contributed by atoms with Crippen LogP contribution in [0.4, 0.5) is 0 Å². The van der Waals surface area contributed by atoms with Crippen LogP contribution in [-0.2, 0) is 0 Å². The van der Waals surface area contributed by atoms with Gasteiger partial charge in [-0.2, -0.15) is 0 Å². The van der Waals surface area contributed by atoms with Gasteiger partial charge in [0.25, 0.3) is 0 Å². The molecule has 5 aromatic heterocycles. The van der Waals surface area contributed by atoms with Gasteiger partial charge in [-0.15, -0.1) is 0 Å². The van der Waals surface area contributed by atoms with Crippen LogP contribution in [0.3, 0.4) is 0 Å². The molecule has 0 unspecified atom stereocenters. The molecule has 0 aliphatic carbocycles. The fraction of sp³-hybridized carbons (Fsp3) is 0.0330. The van der Waals surface area contributed by atoms with Gasteiger partial charge < -0.3 is 18.3 Å². The third kappa shape index (κ3) is 9.24. The Balaban J connectivity index is 1.16. The molecule has 0 fully saturated rings. The van der Waals surface area contributed by atoms with E-state index >= 15 is 0 Å². The zero-order valence-electron chi connectivity index (χ0n) is 54.0. The summed E-state index contributed by atoms with van der Waals surface area (Å²) >= 11 is 0. The zero-order chi connectivity index (χ0) is 64.8. The summed E-state index contributed by atoms with van der Waals surface area (Å²) in [5.41, 5.74) is 27.7. The molecule has 6 nitrogen and oxygen atoms in total. The van der Waals surface area contributed by atoms with Crippen LogP contribution in [0.15, 0.2) is 327 Å². The maximum absolute atomic E-state index is 5.21. The summed E-state index contributed by atoms with van der Waals surface area (Å²) in [6.07, 6.45) is 6.08. The first-order valence-electron chi connectivity index (χ1n) is 33.2. The molecular formula is C91H64N6. The van der Waals surface area contributed by atoms with Crippen LogP contribution in [0, 0.1) is 13.8 Å². The topological polar surface area (TPSA) is 45.0 Å². The van der Waals surface area contributed by atoms with Crippen LogP contribution in [0.2, 0.25) is 0 Å². The van der Waals surface area contributed by atoms with E-state index in [9.17, 15) is 0 Å². The molecule has 0 bridgehead atoms. The highest BCUT2D eigenvalue weighted by Crippen LogP contribution is 2.54. The molecule has 0 N–H and O–H groups in total. The minimum atomic E-state index is 0.915. The third-order valence-corrected chi connectivity index (χ3v) is 19.7. The first-order chi connectivity index (χ1) is 47.9. The Hall–Kier alpha value is -12.6. The lowest BCUT2D eigenvalue weighted by atomic mass is 9.89. The second kappa shape index (κ2) is 23.1. The lowest BCUT2D eigenvalue weighted by Gasteiger charge is -2.31. The van der Waals surface area contributed by atoms with Gasteiger partial charge in [0.2, 0.25) is 0 Å². The number of allylic oxidation sites excluding steroid dienone is 3. The molecule has 0 spiro atoms. The SMILES string of the molecule is C=N/C=C\C=C(/C)c1c(-n2c3ccccc3c3cc(-c4ccccc4)ccc32)c(-c2cc(C)nc(C)c2)c(-n2c3ccccc3c3cc(-c4ccccc4)ccc32)c(-n2c3ccccc3c3cc(-c4ccccc4)ccc32)c1-n1c2ccccc2c2cc(-c3ccccc3)ccc21. The van der Waals surface area contributed by atoms with E-state index < -0.39 is 0 Å². The monoisotopic (exact) mass is 1240 g/mol. The lowest BCUT2D eigenvalue weighted by Crippen LogP contribution is -2.17. The van der Waals surface area contributed by atoms with Gasteiger partial charge in [-0.1, -0.05) is 224 Å². The van der Waals surface area contributed by atoms with E-state index in [0.717, 1.165) is 188 Å². The number of benzene rings is 13. The quantitative estimate of drug-likeness (QED) is 0.0888. The van der Waals surface area contributed by atoms with Gasteiger partial charge in [-0.25, -0.2) is 0 Å². The van der Waals surface area contributed by atoms with Crippen LogP contribution in [0.25, 0.3) is 171 Å². The van der Waals surface area contributed by atoms with Crippen LogP contribution in [-0.4, -0.2) is 30.0 Å². The second-order valence-corrected chi connectivity index (χ2v) is 25.5. The van der Waals surface area contributed by atoms with Crippen molar-refractivity contribution in [3.8, 4) is 78.4 Å².